The summed E-state index contributed by atoms with van der Waals surface area (Å²) in [5.41, 5.74) is 1.99. The van der Waals surface area contributed by atoms with Crippen molar-refractivity contribution in [2.75, 3.05) is 4.90 Å². The van der Waals surface area contributed by atoms with Gasteiger partial charge in [0.05, 0.1) is 5.25 Å². The molecule has 1 amide bonds. The zero-order valence-corrected chi connectivity index (χ0v) is 15.7. The molecule has 2 unspecified atom stereocenters. The summed E-state index contributed by atoms with van der Waals surface area (Å²) >= 11 is 1.34. The molecule has 25 heavy (non-hydrogen) atoms. The first-order valence-corrected chi connectivity index (χ1v) is 9.63. The third-order valence-corrected chi connectivity index (χ3v) is 5.61. The van der Waals surface area contributed by atoms with Gasteiger partial charge in [0.1, 0.15) is 0 Å². The molecule has 3 rings (SSSR count). The van der Waals surface area contributed by atoms with E-state index in [-0.39, 0.29) is 22.9 Å². The van der Waals surface area contributed by atoms with Gasteiger partial charge < -0.3 is 4.90 Å². The number of nitrogens with zero attached hydrogens (tertiary/aromatic N) is 3. The zero-order valence-electron chi connectivity index (χ0n) is 14.9. The fourth-order valence-corrected chi connectivity index (χ4v) is 4.14. The number of hydrogen-bond acceptors (Lipinski definition) is 4. The van der Waals surface area contributed by atoms with E-state index in [4.69, 9.17) is 0 Å². The molecule has 0 saturated heterocycles. The average Bonchev–Trinajstić information content (AvgIpc) is 3.11. The molecule has 134 valence electrons. The SMILES string of the molecule is CCCCn1c(SC(C)C(=O)N2c3ccccc3CC2C)n[nH]c1=O. The van der Waals surface area contributed by atoms with Gasteiger partial charge in [-0.3, -0.25) is 9.36 Å². The number of rotatable bonds is 6. The van der Waals surface area contributed by atoms with E-state index in [1.807, 2.05) is 30.0 Å². The highest BCUT2D eigenvalue weighted by molar-refractivity contribution is 8.00. The van der Waals surface area contributed by atoms with Crippen LogP contribution >= 0.6 is 11.8 Å². The molecule has 6 nitrogen and oxygen atoms in total. The number of aromatic nitrogens is 3. The number of benzene rings is 1. The van der Waals surface area contributed by atoms with Crippen LogP contribution in [0.3, 0.4) is 0 Å². The summed E-state index contributed by atoms with van der Waals surface area (Å²) in [5.74, 6) is 0.0555. The van der Waals surface area contributed by atoms with Crippen molar-refractivity contribution in [3.8, 4) is 0 Å². The summed E-state index contributed by atoms with van der Waals surface area (Å²) in [4.78, 5) is 26.8. The molecule has 2 atom stereocenters. The maximum atomic E-state index is 13.0. The standard InChI is InChI=1S/C18H24N4O2S/c1-4-5-10-21-17(24)19-20-18(21)25-13(3)16(23)22-12(2)11-14-8-6-7-9-15(14)22/h6-9,12-13H,4-5,10-11H2,1-3H3,(H,19,24). The number of thioether (sulfide) groups is 1. The number of hydrogen-bond donors (Lipinski definition) is 1. The smallest absolute Gasteiger partial charge is 0.308 e. The second-order valence-electron chi connectivity index (χ2n) is 6.47. The lowest BCUT2D eigenvalue weighted by atomic mass is 10.1. The highest BCUT2D eigenvalue weighted by atomic mass is 32.2. The van der Waals surface area contributed by atoms with Crippen LogP contribution in [-0.4, -0.2) is 32.0 Å². The van der Waals surface area contributed by atoms with Gasteiger partial charge in [0, 0.05) is 18.3 Å². The Bertz CT molecular complexity index is 813. The van der Waals surface area contributed by atoms with Crippen molar-refractivity contribution in [2.24, 2.45) is 0 Å². The first-order valence-electron chi connectivity index (χ1n) is 8.75. The predicted molar refractivity (Wildman–Crippen MR) is 100 cm³/mol. The van der Waals surface area contributed by atoms with E-state index in [0.29, 0.717) is 11.7 Å². The minimum absolute atomic E-state index is 0.0555. The number of nitrogens with one attached hydrogen (secondary N) is 1. The monoisotopic (exact) mass is 360 g/mol. The highest BCUT2D eigenvalue weighted by Crippen LogP contribution is 2.34. The lowest BCUT2D eigenvalue weighted by Crippen LogP contribution is -2.40. The Hall–Kier alpha value is -2.02. The number of unbranched alkanes of at least 4 members (excludes halogenated alkanes) is 1. The van der Waals surface area contributed by atoms with Crippen molar-refractivity contribution in [1.82, 2.24) is 14.8 Å². The largest absolute Gasteiger partial charge is 0.343 e. The first-order chi connectivity index (χ1) is 12.0. The Morgan fingerprint density at radius 1 is 1.44 bits per heavy atom. The molecular formula is C18H24N4O2S. The van der Waals surface area contributed by atoms with Gasteiger partial charge in [-0.2, -0.15) is 0 Å². The van der Waals surface area contributed by atoms with Gasteiger partial charge in [-0.25, -0.2) is 9.89 Å². The number of aromatic amines is 1. The molecule has 1 aromatic heterocycles. The van der Waals surface area contributed by atoms with Gasteiger partial charge in [0.15, 0.2) is 5.16 Å². The van der Waals surface area contributed by atoms with Gasteiger partial charge in [-0.05, 0) is 38.3 Å². The van der Waals surface area contributed by atoms with Crippen LogP contribution < -0.4 is 10.6 Å². The lowest BCUT2D eigenvalue weighted by Gasteiger charge is -2.25. The van der Waals surface area contributed by atoms with E-state index in [9.17, 15) is 9.59 Å². The molecule has 1 aromatic carbocycles. The second-order valence-corrected chi connectivity index (χ2v) is 7.77. The van der Waals surface area contributed by atoms with Crippen molar-refractivity contribution in [2.45, 2.75) is 63.0 Å². The van der Waals surface area contributed by atoms with Gasteiger partial charge in [-0.1, -0.05) is 43.3 Å². The number of carbonyl (C=O) groups is 1. The number of fused-ring (bicyclic) bond motifs is 1. The summed E-state index contributed by atoms with van der Waals surface area (Å²) in [6, 6.07) is 8.20. The molecule has 1 aliphatic rings. The van der Waals surface area contributed by atoms with E-state index >= 15 is 0 Å². The fraction of sp³-hybridized carbons (Fsp3) is 0.500. The molecule has 0 spiro atoms. The first kappa shape index (κ1) is 17.8. The van der Waals surface area contributed by atoms with E-state index in [1.54, 1.807) is 4.57 Å². The maximum Gasteiger partial charge on any atom is 0.343 e. The van der Waals surface area contributed by atoms with Crippen LogP contribution in [0.4, 0.5) is 5.69 Å². The van der Waals surface area contributed by atoms with Gasteiger partial charge in [0.2, 0.25) is 5.91 Å². The average molecular weight is 360 g/mol. The summed E-state index contributed by atoms with van der Waals surface area (Å²) in [7, 11) is 0. The van der Waals surface area contributed by atoms with E-state index in [2.05, 4.69) is 30.1 Å². The van der Waals surface area contributed by atoms with Crippen molar-refractivity contribution < 1.29 is 4.79 Å². The van der Waals surface area contributed by atoms with Crippen molar-refractivity contribution in [3.05, 3.63) is 40.3 Å². The van der Waals surface area contributed by atoms with Crippen LogP contribution in [0.5, 0.6) is 0 Å². The third-order valence-electron chi connectivity index (χ3n) is 4.53. The number of para-hydroxylation sites is 1. The molecule has 2 aromatic rings. The van der Waals surface area contributed by atoms with Crippen LogP contribution in [-0.2, 0) is 17.8 Å². The number of amides is 1. The molecule has 1 aliphatic heterocycles. The molecule has 0 saturated carbocycles. The summed E-state index contributed by atoms with van der Waals surface area (Å²) < 4.78 is 1.62. The molecule has 1 N–H and O–H groups in total. The topological polar surface area (TPSA) is 71.0 Å². The van der Waals surface area contributed by atoms with Gasteiger partial charge >= 0.3 is 5.69 Å². The molecular weight excluding hydrogens is 336 g/mol. The minimum Gasteiger partial charge on any atom is -0.308 e. The quantitative estimate of drug-likeness (QED) is 0.804. The Morgan fingerprint density at radius 3 is 2.96 bits per heavy atom. The van der Waals surface area contributed by atoms with Crippen molar-refractivity contribution in [3.63, 3.8) is 0 Å². The second kappa shape index (κ2) is 7.47. The van der Waals surface area contributed by atoms with E-state index in [0.717, 1.165) is 24.9 Å². The highest BCUT2D eigenvalue weighted by Gasteiger charge is 2.33. The van der Waals surface area contributed by atoms with Gasteiger partial charge in [-0.15, -0.1) is 5.10 Å². The van der Waals surface area contributed by atoms with Crippen LogP contribution in [0.1, 0.15) is 39.2 Å². The Kier molecular flexibility index (Phi) is 5.32. The molecule has 0 bridgehead atoms. The van der Waals surface area contributed by atoms with Crippen LogP contribution in [0, 0.1) is 0 Å². The van der Waals surface area contributed by atoms with Gasteiger partial charge in [0.25, 0.3) is 0 Å². The normalized spacial score (nSPS) is 17.6. The Morgan fingerprint density at radius 2 is 2.20 bits per heavy atom. The van der Waals surface area contributed by atoms with Crippen molar-refractivity contribution >= 4 is 23.4 Å². The molecule has 7 heteroatoms. The summed E-state index contributed by atoms with van der Waals surface area (Å²) in [6.07, 6.45) is 2.78. The molecule has 2 heterocycles. The van der Waals surface area contributed by atoms with E-state index in [1.165, 1.54) is 17.3 Å². The minimum atomic E-state index is -0.316. The number of anilines is 1. The Labute approximate surface area is 151 Å². The zero-order chi connectivity index (χ0) is 18.0. The van der Waals surface area contributed by atoms with Crippen LogP contribution in [0.2, 0.25) is 0 Å². The summed E-state index contributed by atoms with van der Waals surface area (Å²) in [5, 5.41) is 6.86. The maximum absolute atomic E-state index is 13.0. The molecule has 0 aliphatic carbocycles. The molecule has 0 fully saturated rings. The third kappa shape index (κ3) is 3.51. The lowest BCUT2D eigenvalue weighted by molar-refractivity contribution is -0.118. The van der Waals surface area contributed by atoms with Crippen LogP contribution in [0.15, 0.2) is 34.2 Å². The fourth-order valence-electron chi connectivity index (χ4n) is 3.21. The van der Waals surface area contributed by atoms with Crippen LogP contribution in [0.25, 0.3) is 0 Å². The predicted octanol–water partition coefficient (Wildman–Crippen LogP) is 2.83. The number of carbonyl (C=O) groups excluding carboxylic acids is 1. The van der Waals surface area contributed by atoms with Crippen molar-refractivity contribution in [1.29, 1.82) is 0 Å². The number of H-pyrrole nitrogens is 1. The summed E-state index contributed by atoms with van der Waals surface area (Å²) in [6.45, 7) is 6.65. The Balaban J connectivity index is 1.77. The van der Waals surface area contributed by atoms with E-state index < -0.39 is 0 Å². The molecule has 0 radical (unpaired) electrons.